The molecule has 5 nitrogen and oxygen atoms in total. The van der Waals surface area contributed by atoms with Gasteiger partial charge < -0.3 is 14.4 Å². The van der Waals surface area contributed by atoms with E-state index in [9.17, 15) is 9.90 Å². The Hall–Kier alpha value is -2.92. The number of furan rings is 1. The largest absolute Gasteiger partial charge is 0.463 e. The van der Waals surface area contributed by atoms with E-state index in [4.69, 9.17) is 4.42 Å². The Morgan fingerprint density at radius 3 is 2.80 bits per heavy atom. The SMILES string of the molecule is Cc1nc(-c2ccco2)ccc1C(=O)N1CC(O)Cc2ccccc21. The van der Waals surface area contributed by atoms with Crippen LogP contribution < -0.4 is 4.90 Å². The first-order valence-electron chi connectivity index (χ1n) is 8.23. The summed E-state index contributed by atoms with van der Waals surface area (Å²) < 4.78 is 5.36. The molecule has 1 N–H and O–H groups in total. The van der Waals surface area contributed by atoms with Crippen molar-refractivity contribution >= 4 is 11.6 Å². The number of aromatic nitrogens is 1. The number of amides is 1. The molecule has 5 heteroatoms. The van der Waals surface area contributed by atoms with E-state index in [0.29, 0.717) is 29.1 Å². The van der Waals surface area contributed by atoms with Gasteiger partial charge in [0.2, 0.25) is 0 Å². The standard InChI is InChI=1S/C20H18N2O3/c1-13-16(8-9-17(21-13)19-7-4-10-25-19)20(24)22-12-15(23)11-14-5-2-3-6-18(14)22/h2-10,15,23H,11-12H2,1H3. The molecule has 1 unspecified atom stereocenters. The Morgan fingerprint density at radius 2 is 2.04 bits per heavy atom. The van der Waals surface area contributed by atoms with Crippen molar-refractivity contribution in [1.29, 1.82) is 0 Å². The van der Waals surface area contributed by atoms with Gasteiger partial charge in [-0.15, -0.1) is 0 Å². The number of benzene rings is 1. The zero-order valence-corrected chi connectivity index (χ0v) is 13.8. The molecule has 4 rings (SSSR count). The number of rotatable bonds is 2. The van der Waals surface area contributed by atoms with Crippen LogP contribution in [0.4, 0.5) is 5.69 Å². The van der Waals surface area contributed by atoms with Crippen molar-refractivity contribution in [3.05, 3.63) is 71.6 Å². The van der Waals surface area contributed by atoms with Crippen LogP contribution in [-0.2, 0) is 6.42 Å². The van der Waals surface area contributed by atoms with Crippen LogP contribution in [0.1, 0.15) is 21.6 Å². The van der Waals surface area contributed by atoms with Crippen molar-refractivity contribution in [2.45, 2.75) is 19.4 Å². The van der Waals surface area contributed by atoms with Crippen LogP contribution in [0, 0.1) is 6.92 Å². The number of carbonyl (C=O) groups is 1. The molecule has 0 saturated carbocycles. The highest BCUT2D eigenvalue weighted by Gasteiger charge is 2.29. The van der Waals surface area contributed by atoms with Gasteiger partial charge in [-0.05, 0) is 42.8 Å². The maximum atomic E-state index is 13.1. The van der Waals surface area contributed by atoms with Gasteiger partial charge in [-0.1, -0.05) is 18.2 Å². The number of pyridine rings is 1. The van der Waals surface area contributed by atoms with Crippen LogP contribution in [-0.4, -0.2) is 28.6 Å². The topological polar surface area (TPSA) is 66.6 Å². The van der Waals surface area contributed by atoms with Crippen LogP contribution >= 0.6 is 0 Å². The maximum absolute atomic E-state index is 13.1. The van der Waals surface area contributed by atoms with E-state index < -0.39 is 6.10 Å². The monoisotopic (exact) mass is 334 g/mol. The van der Waals surface area contributed by atoms with Gasteiger partial charge in [0.25, 0.3) is 5.91 Å². The molecule has 0 aliphatic carbocycles. The summed E-state index contributed by atoms with van der Waals surface area (Å²) in [6.45, 7) is 2.10. The van der Waals surface area contributed by atoms with Gasteiger partial charge in [0.1, 0.15) is 5.69 Å². The van der Waals surface area contributed by atoms with E-state index in [2.05, 4.69) is 4.98 Å². The van der Waals surface area contributed by atoms with Gasteiger partial charge >= 0.3 is 0 Å². The Morgan fingerprint density at radius 1 is 1.20 bits per heavy atom. The summed E-state index contributed by atoms with van der Waals surface area (Å²) in [4.78, 5) is 19.2. The predicted octanol–water partition coefficient (Wildman–Crippen LogP) is 3.21. The van der Waals surface area contributed by atoms with Crippen LogP contribution in [0.5, 0.6) is 0 Å². The van der Waals surface area contributed by atoms with Gasteiger partial charge in [-0.2, -0.15) is 0 Å². The lowest BCUT2D eigenvalue weighted by atomic mass is 9.98. The molecule has 0 bridgehead atoms. The Balaban J connectivity index is 1.70. The molecule has 1 aromatic carbocycles. The van der Waals surface area contributed by atoms with Gasteiger partial charge in [-0.3, -0.25) is 4.79 Å². The first kappa shape index (κ1) is 15.6. The summed E-state index contributed by atoms with van der Waals surface area (Å²) in [7, 11) is 0. The number of aryl methyl sites for hydroxylation is 1. The molecule has 2 aromatic heterocycles. The fourth-order valence-electron chi connectivity index (χ4n) is 3.26. The summed E-state index contributed by atoms with van der Waals surface area (Å²) in [5.74, 6) is 0.517. The highest BCUT2D eigenvalue weighted by atomic mass is 16.3. The Kier molecular flexibility index (Phi) is 3.86. The first-order valence-corrected chi connectivity index (χ1v) is 8.23. The zero-order chi connectivity index (χ0) is 17.4. The summed E-state index contributed by atoms with van der Waals surface area (Å²) in [6.07, 6.45) is 1.60. The second-order valence-corrected chi connectivity index (χ2v) is 6.21. The lowest BCUT2D eigenvalue weighted by molar-refractivity contribution is 0.0953. The van der Waals surface area contributed by atoms with Gasteiger partial charge in [-0.25, -0.2) is 4.98 Å². The van der Waals surface area contributed by atoms with Gasteiger partial charge in [0.05, 0.1) is 30.2 Å². The number of hydrogen-bond donors (Lipinski definition) is 1. The fraction of sp³-hybridized carbons (Fsp3) is 0.200. The Labute approximate surface area is 145 Å². The lowest BCUT2D eigenvalue weighted by Crippen LogP contribution is -2.42. The summed E-state index contributed by atoms with van der Waals surface area (Å²) in [5.41, 5.74) is 3.69. The molecule has 1 amide bonds. The summed E-state index contributed by atoms with van der Waals surface area (Å²) in [5, 5.41) is 10.1. The molecule has 1 aliphatic rings. The van der Waals surface area contributed by atoms with Crippen LogP contribution in [0.25, 0.3) is 11.5 Å². The van der Waals surface area contributed by atoms with E-state index in [1.165, 1.54) is 0 Å². The van der Waals surface area contributed by atoms with E-state index in [-0.39, 0.29) is 12.5 Å². The molecule has 1 atom stereocenters. The van der Waals surface area contributed by atoms with E-state index in [1.807, 2.05) is 37.3 Å². The fourth-order valence-corrected chi connectivity index (χ4v) is 3.26. The maximum Gasteiger partial charge on any atom is 0.260 e. The highest BCUT2D eigenvalue weighted by Crippen LogP contribution is 2.29. The normalized spacial score (nSPS) is 16.6. The molecule has 3 heterocycles. The molecular weight excluding hydrogens is 316 g/mol. The molecule has 0 fully saturated rings. The molecule has 0 spiro atoms. The number of β-amino-alcohol motifs (C(OH)–C–C–N with tert-alkyl or cyclic N) is 1. The smallest absolute Gasteiger partial charge is 0.260 e. The quantitative estimate of drug-likeness (QED) is 0.781. The first-order chi connectivity index (χ1) is 12.1. The van der Waals surface area contributed by atoms with Crippen molar-refractivity contribution in [3.8, 4) is 11.5 Å². The number of carbonyl (C=O) groups excluding carboxylic acids is 1. The second kappa shape index (κ2) is 6.18. The third kappa shape index (κ3) is 2.83. The number of fused-ring (bicyclic) bond motifs is 1. The summed E-state index contributed by atoms with van der Waals surface area (Å²) >= 11 is 0. The average Bonchev–Trinajstić information content (AvgIpc) is 3.15. The minimum Gasteiger partial charge on any atom is -0.463 e. The van der Waals surface area contributed by atoms with Gasteiger partial charge in [0.15, 0.2) is 5.76 Å². The van der Waals surface area contributed by atoms with Crippen molar-refractivity contribution in [3.63, 3.8) is 0 Å². The van der Waals surface area contributed by atoms with E-state index in [0.717, 1.165) is 11.3 Å². The Bertz CT molecular complexity index is 918. The van der Waals surface area contributed by atoms with E-state index in [1.54, 1.807) is 29.4 Å². The molecule has 0 saturated heterocycles. The van der Waals surface area contributed by atoms with Gasteiger partial charge in [0, 0.05) is 12.1 Å². The second-order valence-electron chi connectivity index (χ2n) is 6.21. The number of para-hydroxylation sites is 1. The van der Waals surface area contributed by atoms with Crippen molar-refractivity contribution in [2.75, 3.05) is 11.4 Å². The summed E-state index contributed by atoms with van der Waals surface area (Å²) in [6, 6.07) is 14.9. The minimum atomic E-state index is -0.561. The third-order valence-electron chi connectivity index (χ3n) is 4.47. The van der Waals surface area contributed by atoms with Crippen LogP contribution in [0.2, 0.25) is 0 Å². The van der Waals surface area contributed by atoms with Crippen LogP contribution in [0.15, 0.2) is 59.2 Å². The zero-order valence-electron chi connectivity index (χ0n) is 13.8. The van der Waals surface area contributed by atoms with Crippen molar-refractivity contribution in [1.82, 2.24) is 4.98 Å². The molecule has 1 aliphatic heterocycles. The van der Waals surface area contributed by atoms with Crippen molar-refractivity contribution in [2.24, 2.45) is 0 Å². The van der Waals surface area contributed by atoms with Crippen LogP contribution in [0.3, 0.4) is 0 Å². The predicted molar refractivity (Wildman–Crippen MR) is 94.5 cm³/mol. The number of hydrogen-bond acceptors (Lipinski definition) is 4. The van der Waals surface area contributed by atoms with Crippen molar-refractivity contribution < 1.29 is 14.3 Å². The average molecular weight is 334 g/mol. The van der Waals surface area contributed by atoms with E-state index >= 15 is 0 Å². The lowest BCUT2D eigenvalue weighted by Gasteiger charge is -2.32. The molecule has 126 valence electrons. The number of nitrogens with zero attached hydrogens (tertiary/aromatic N) is 2. The molecular formula is C20H18N2O3. The highest BCUT2D eigenvalue weighted by molar-refractivity contribution is 6.07. The minimum absolute atomic E-state index is 0.151. The number of aliphatic hydroxyl groups excluding tert-OH is 1. The molecule has 0 radical (unpaired) electrons. The third-order valence-corrected chi connectivity index (χ3v) is 4.47. The molecule has 3 aromatic rings. The number of anilines is 1. The molecule has 25 heavy (non-hydrogen) atoms. The number of aliphatic hydroxyl groups is 1.